The fraction of sp³-hybridized carbons (Fsp3) is 0.611. The zero-order chi connectivity index (χ0) is 16.8. The van der Waals surface area contributed by atoms with Crippen LogP contribution in [0.5, 0.6) is 0 Å². The van der Waals surface area contributed by atoms with Gasteiger partial charge in [0.15, 0.2) is 0 Å². The number of rotatable bonds is 3. The number of nitrogens with one attached hydrogen (secondary N) is 1. The second-order valence-corrected chi connectivity index (χ2v) is 7.75. The molecule has 1 aliphatic carbocycles. The predicted octanol–water partition coefficient (Wildman–Crippen LogP) is 3.05. The molecule has 23 heavy (non-hydrogen) atoms. The fourth-order valence-electron chi connectivity index (χ4n) is 4.26. The van der Waals surface area contributed by atoms with Gasteiger partial charge in [-0.1, -0.05) is 43.6 Å². The average molecular weight is 337 g/mol. The summed E-state index contributed by atoms with van der Waals surface area (Å²) in [7, 11) is 0. The highest BCUT2D eigenvalue weighted by molar-refractivity contribution is 6.31. The van der Waals surface area contributed by atoms with Crippen LogP contribution in [0, 0.1) is 11.3 Å². The lowest BCUT2D eigenvalue weighted by atomic mass is 9.46. The van der Waals surface area contributed by atoms with E-state index in [1.165, 1.54) is 0 Å². The molecule has 1 saturated heterocycles. The molecule has 2 aliphatic rings. The van der Waals surface area contributed by atoms with E-state index in [1.807, 2.05) is 45.0 Å². The number of hydrogen-bond donors (Lipinski definition) is 2. The Morgan fingerprint density at radius 2 is 2.13 bits per heavy atom. The minimum absolute atomic E-state index is 0.0719. The number of ether oxygens (including phenoxy) is 1. The van der Waals surface area contributed by atoms with E-state index in [4.69, 9.17) is 22.1 Å². The predicted molar refractivity (Wildman–Crippen MR) is 91.2 cm³/mol. The van der Waals surface area contributed by atoms with Crippen molar-refractivity contribution in [2.24, 2.45) is 17.1 Å². The zero-order valence-corrected chi connectivity index (χ0v) is 14.7. The van der Waals surface area contributed by atoms with Crippen LogP contribution in [0.15, 0.2) is 24.3 Å². The molecule has 1 aromatic carbocycles. The second-order valence-electron chi connectivity index (χ2n) is 7.35. The Morgan fingerprint density at radius 3 is 2.83 bits per heavy atom. The topological polar surface area (TPSA) is 64.4 Å². The van der Waals surface area contributed by atoms with Gasteiger partial charge in [0.25, 0.3) is 0 Å². The lowest BCUT2D eigenvalue weighted by Crippen LogP contribution is -2.82. The molecule has 1 saturated carbocycles. The number of halogens is 1. The summed E-state index contributed by atoms with van der Waals surface area (Å²) in [5, 5.41) is 3.72. The van der Waals surface area contributed by atoms with Crippen LogP contribution in [0.2, 0.25) is 5.02 Å². The Balaban J connectivity index is 1.79. The van der Waals surface area contributed by atoms with E-state index in [0.29, 0.717) is 5.02 Å². The highest BCUT2D eigenvalue weighted by atomic mass is 35.5. The van der Waals surface area contributed by atoms with Crippen LogP contribution in [0.3, 0.4) is 0 Å². The first-order chi connectivity index (χ1) is 10.8. The summed E-state index contributed by atoms with van der Waals surface area (Å²) in [5.74, 6) is -0.0219. The van der Waals surface area contributed by atoms with Gasteiger partial charge < -0.3 is 15.8 Å². The summed E-state index contributed by atoms with van der Waals surface area (Å²) >= 11 is 6.23. The lowest BCUT2D eigenvalue weighted by Gasteiger charge is -2.65. The second kappa shape index (κ2) is 5.76. The van der Waals surface area contributed by atoms with Crippen LogP contribution >= 0.6 is 11.6 Å². The van der Waals surface area contributed by atoms with Crippen molar-refractivity contribution in [2.75, 3.05) is 6.61 Å². The number of amides is 1. The molecule has 1 amide bonds. The van der Waals surface area contributed by atoms with E-state index in [0.717, 1.165) is 25.0 Å². The molecule has 0 bridgehead atoms. The number of fused-ring (bicyclic) bond motifs is 1. The van der Waals surface area contributed by atoms with Gasteiger partial charge >= 0.3 is 0 Å². The molecule has 4 unspecified atom stereocenters. The first kappa shape index (κ1) is 16.7. The van der Waals surface area contributed by atoms with Crippen LogP contribution in [0.1, 0.15) is 45.2 Å². The van der Waals surface area contributed by atoms with Crippen LogP contribution in [-0.2, 0) is 9.53 Å². The number of nitrogens with two attached hydrogens (primary N) is 1. The van der Waals surface area contributed by atoms with Gasteiger partial charge in [-0.3, -0.25) is 4.79 Å². The zero-order valence-electron chi connectivity index (χ0n) is 13.9. The summed E-state index contributed by atoms with van der Waals surface area (Å²) in [6.45, 7) is 6.75. The van der Waals surface area contributed by atoms with Gasteiger partial charge in [-0.05, 0) is 31.4 Å². The quantitative estimate of drug-likeness (QED) is 0.891. The fourth-order valence-corrected chi connectivity index (χ4v) is 4.56. The molecule has 2 fully saturated rings. The summed E-state index contributed by atoms with van der Waals surface area (Å²) in [6, 6.07) is 7.37. The van der Waals surface area contributed by atoms with E-state index in [1.54, 1.807) is 0 Å². The third kappa shape index (κ3) is 2.39. The van der Waals surface area contributed by atoms with Crippen molar-refractivity contribution in [2.45, 2.75) is 51.3 Å². The Kier molecular flexibility index (Phi) is 4.20. The van der Waals surface area contributed by atoms with Gasteiger partial charge in [0.05, 0.1) is 12.1 Å². The van der Waals surface area contributed by atoms with Crippen molar-refractivity contribution in [1.29, 1.82) is 0 Å². The molecule has 3 N–H and O–H groups in total. The molecular formula is C18H25ClN2O2. The summed E-state index contributed by atoms with van der Waals surface area (Å²) in [4.78, 5) is 13.0. The molecule has 4 atom stereocenters. The van der Waals surface area contributed by atoms with Gasteiger partial charge in [-0.2, -0.15) is 0 Å². The highest BCUT2D eigenvalue weighted by Gasteiger charge is 2.70. The smallest absolute Gasteiger partial charge is 0.241 e. The number of hydrogen-bond acceptors (Lipinski definition) is 3. The minimum Gasteiger partial charge on any atom is -0.377 e. The monoisotopic (exact) mass is 336 g/mol. The molecule has 3 rings (SSSR count). The molecule has 0 spiro atoms. The van der Waals surface area contributed by atoms with Gasteiger partial charge in [0, 0.05) is 23.0 Å². The van der Waals surface area contributed by atoms with Crippen LogP contribution in [0.25, 0.3) is 0 Å². The molecule has 1 aromatic rings. The van der Waals surface area contributed by atoms with E-state index in [-0.39, 0.29) is 29.4 Å². The number of carbonyl (C=O) groups excluding carboxylic acids is 1. The molecule has 1 aliphatic heterocycles. The number of benzene rings is 1. The molecule has 0 radical (unpaired) electrons. The molecule has 4 nitrogen and oxygen atoms in total. The van der Waals surface area contributed by atoms with Gasteiger partial charge in [-0.15, -0.1) is 0 Å². The first-order valence-electron chi connectivity index (χ1n) is 8.26. The average Bonchev–Trinajstić information content (AvgIpc) is 2.54. The highest BCUT2D eigenvalue weighted by Crippen LogP contribution is 2.57. The Labute approximate surface area is 142 Å². The van der Waals surface area contributed by atoms with E-state index in [9.17, 15) is 4.79 Å². The molecular weight excluding hydrogens is 312 g/mol. The van der Waals surface area contributed by atoms with Crippen molar-refractivity contribution in [3.05, 3.63) is 34.9 Å². The maximum atomic E-state index is 13.0. The van der Waals surface area contributed by atoms with Gasteiger partial charge in [0.2, 0.25) is 5.91 Å². The third-order valence-electron chi connectivity index (χ3n) is 5.78. The largest absolute Gasteiger partial charge is 0.377 e. The Bertz CT molecular complexity index is 619. The van der Waals surface area contributed by atoms with Crippen molar-refractivity contribution in [3.63, 3.8) is 0 Å². The summed E-state index contributed by atoms with van der Waals surface area (Å²) in [6.07, 6.45) is 1.98. The van der Waals surface area contributed by atoms with Crippen molar-refractivity contribution in [3.8, 4) is 0 Å². The van der Waals surface area contributed by atoms with Crippen LogP contribution in [-0.4, -0.2) is 24.2 Å². The minimum atomic E-state index is -0.895. The van der Waals surface area contributed by atoms with E-state index >= 15 is 0 Å². The number of carbonyl (C=O) groups is 1. The van der Waals surface area contributed by atoms with Crippen LogP contribution < -0.4 is 11.1 Å². The maximum absolute atomic E-state index is 13.0. The van der Waals surface area contributed by atoms with Crippen molar-refractivity contribution >= 4 is 17.5 Å². The summed E-state index contributed by atoms with van der Waals surface area (Å²) < 4.78 is 5.87. The third-order valence-corrected chi connectivity index (χ3v) is 6.12. The normalized spacial score (nSPS) is 33.3. The SMILES string of the molecule is CC(NC(=O)C1(N)C2CCCOC2C1(C)C)c1ccccc1Cl. The Hall–Kier alpha value is -1.10. The maximum Gasteiger partial charge on any atom is 0.241 e. The van der Waals surface area contributed by atoms with Crippen molar-refractivity contribution in [1.82, 2.24) is 5.32 Å². The Morgan fingerprint density at radius 1 is 1.43 bits per heavy atom. The molecule has 0 aromatic heterocycles. The summed E-state index contributed by atoms with van der Waals surface area (Å²) in [5.41, 5.74) is 6.25. The van der Waals surface area contributed by atoms with E-state index in [2.05, 4.69) is 5.32 Å². The van der Waals surface area contributed by atoms with Gasteiger partial charge in [0.1, 0.15) is 5.54 Å². The van der Waals surface area contributed by atoms with Crippen LogP contribution in [0.4, 0.5) is 0 Å². The van der Waals surface area contributed by atoms with E-state index < -0.39 is 5.54 Å². The molecule has 126 valence electrons. The van der Waals surface area contributed by atoms with Crippen molar-refractivity contribution < 1.29 is 9.53 Å². The van der Waals surface area contributed by atoms with Gasteiger partial charge in [-0.25, -0.2) is 0 Å². The molecule has 5 heteroatoms. The molecule has 1 heterocycles. The standard InChI is InChI=1S/C18H25ClN2O2/c1-11(12-7-4-5-9-14(12)19)21-16(22)18(20)13-8-6-10-23-15(13)17(18,2)3/h4-5,7,9,11,13,15H,6,8,10,20H2,1-3H3,(H,21,22). The first-order valence-corrected chi connectivity index (χ1v) is 8.64. The lowest BCUT2D eigenvalue weighted by molar-refractivity contribution is -0.225.